The molecule has 1 aromatic heterocycles. The summed E-state index contributed by atoms with van der Waals surface area (Å²) < 4.78 is 5.59. The molecule has 0 fully saturated rings. The highest BCUT2D eigenvalue weighted by molar-refractivity contribution is 14.0. The Labute approximate surface area is 167 Å². The summed E-state index contributed by atoms with van der Waals surface area (Å²) in [5, 5.41) is 6.65. The van der Waals surface area contributed by atoms with Gasteiger partial charge >= 0.3 is 0 Å². The Morgan fingerprint density at radius 3 is 2.60 bits per heavy atom. The number of aromatic nitrogens is 1. The van der Waals surface area contributed by atoms with Crippen LogP contribution < -0.4 is 10.6 Å². The molecule has 0 aliphatic carbocycles. The molecule has 0 saturated carbocycles. The Hall–Kier alpha value is -1.57. The number of oxazole rings is 1. The molecule has 0 radical (unpaired) electrons. The molecule has 0 saturated heterocycles. The molecule has 0 aliphatic rings. The van der Waals surface area contributed by atoms with Crippen molar-refractivity contribution in [1.82, 2.24) is 15.6 Å². The molecule has 2 N–H and O–H groups in total. The van der Waals surface area contributed by atoms with Crippen molar-refractivity contribution in [2.75, 3.05) is 13.1 Å². The zero-order chi connectivity index (χ0) is 17.4. The maximum absolute atomic E-state index is 5.59. The Morgan fingerprint density at radius 2 is 1.96 bits per heavy atom. The Kier molecular flexibility index (Phi) is 9.55. The molecule has 138 valence electrons. The van der Waals surface area contributed by atoms with E-state index in [4.69, 9.17) is 4.42 Å². The SMILES string of the molecule is CCNC(=NCCc1coc(-c2ccc(C)cc2)n1)NC(C)CC.I. The number of guanidine groups is 1. The number of hydrogen-bond acceptors (Lipinski definition) is 3. The van der Waals surface area contributed by atoms with E-state index < -0.39 is 0 Å². The van der Waals surface area contributed by atoms with Gasteiger partial charge in [0.05, 0.1) is 5.69 Å². The second kappa shape index (κ2) is 11.1. The molecule has 25 heavy (non-hydrogen) atoms. The van der Waals surface area contributed by atoms with E-state index >= 15 is 0 Å². The molecule has 0 bridgehead atoms. The first-order chi connectivity index (χ1) is 11.6. The lowest BCUT2D eigenvalue weighted by Crippen LogP contribution is -2.42. The summed E-state index contributed by atoms with van der Waals surface area (Å²) in [5.41, 5.74) is 3.15. The number of hydrogen-bond donors (Lipinski definition) is 2. The van der Waals surface area contributed by atoms with Gasteiger partial charge in [0.25, 0.3) is 0 Å². The first-order valence-electron chi connectivity index (χ1n) is 8.68. The molecule has 5 nitrogen and oxygen atoms in total. The van der Waals surface area contributed by atoms with Gasteiger partial charge < -0.3 is 15.1 Å². The van der Waals surface area contributed by atoms with Crippen molar-refractivity contribution in [3.63, 3.8) is 0 Å². The highest BCUT2D eigenvalue weighted by atomic mass is 127. The minimum Gasteiger partial charge on any atom is -0.444 e. The Bertz CT molecular complexity index is 652. The van der Waals surface area contributed by atoms with Crippen LogP contribution in [0.2, 0.25) is 0 Å². The molecule has 0 aliphatic heterocycles. The van der Waals surface area contributed by atoms with Gasteiger partial charge in [0.15, 0.2) is 5.96 Å². The smallest absolute Gasteiger partial charge is 0.226 e. The largest absolute Gasteiger partial charge is 0.444 e. The zero-order valence-corrected chi connectivity index (χ0v) is 17.8. The van der Waals surface area contributed by atoms with E-state index in [1.165, 1.54) is 5.56 Å². The van der Waals surface area contributed by atoms with Crippen LogP contribution in [0, 0.1) is 6.92 Å². The van der Waals surface area contributed by atoms with Crippen LogP contribution in [-0.4, -0.2) is 30.1 Å². The van der Waals surface area contributed by atoms with Gasteiger partial charge in [0.1, 0.15) is 6.26 Å². The Balaban J connectivity index is 0.00000312. The number of nitrogens with zero attached hydrogens (tertiary/aromatic N) is 2. The van der Waals surface area contributed by atoms with Gasteiger partial charge in [0, 0.05) is 31.1 Å². The molecular weight excluding hydrogens is 427 g/mol. The summed E-state index contributed by atoms with van der Waals surface area (Å²) in [6.45, 7) is 9.97. The fourth-order valence-electron chi connectivity index (χ4n) is 2.19. The summed E-state index contributed by atoms with van der Waals surface area (Å²) in [6, 6.07) is 8.59. The normalized spacial score (nSPS) is 12.4. The molecule has 1 aromatic carbocycles. The fraction of sp³-hybridized carbons (Fsp3) is 0.474. The molecule has 1 atom stereocenters. The predicted molar refractivity (Wildman–Crippen MR) is 115 cm³/mol. The highest BCUT2D eigenvalue weighted by Gasteiger charge is 2.07. The van der Waals surface area contributed by atoms with Crippen molar-refractivity contribution in [3.8, 4) is 11.5 Å². The molecule has 1 heterocycles. The lowest BCUT2D eigenvalue weighted by Gasteiger charge is -2.15. The number of aryl methyl sites for hydroxylation is 1. The minimum absolute atomic E-state index is 0. The van der Waals surface area contributed by atoms with Crippen LogP contribution in [0.15, 0.2) is 39.9 Å². The van der Waals surface area contributed by atoms with E-state index in [9.17, 15) is 0 Å². The monoisotopic (exact) mass is 456 g/mol. The van der Waals surface area contributed by atoms with Crippen LogP contribution in [0.1, 0.15) is 38.4 Å². The van der Waals surface area contributed by atoms with Gasteiger partial charge in [-0.05, 0) is 39.3 Å². The standard InChI is InChI=1S/C19H28N4O.HI/c1-5-15(4)22-19(20-6-2)21-12-11-17-13-24-18(23-17)16-9-7-14(3)8-10-16;/h7-10,13,15H,5-6,11-12H2,1-4H3,(H2,20,21,22);1H. The summed E-state index contributed by atoms with van der Waals surface area (Å²) >= 11 is 0. The van der Waals surface area contributed by atoms with Crippen LogP contribution in [0.4, 0.5) is 0 Å². The lowest BCUT2D eigenvalue weighted by atomic mass is 10.1. The van der Waals surface area contributed by atoms with Crippen LogP contribution in [0.25, 0.3) is 11.5 Å². The van der Waals surface area contributed by atoms with E-state index in [-0.39, 0.29) is 24.0 Å². The van der Waals surface area contributed by atoms with E-state index in [1.54, 1.807) is 6.26 Å². The number of benzene rings is 1. The molecule has 2 aromatic rings. The average molecular weight is 456 g/mol. The van der Waals surface area contributed by atoms with Gasteiger partial charge in [-0.3, -0.25) is 4.99 Å². The van der Waals surface area contributed by atoms with E-state index in [1.807, 2.05) is 12.1 Å². The molecule has 0 spiro atoms. The van der Waals surface area contributed by atoms with Crippen molar-refractivity contribution >= 4 is 29.9 Å². The summed E-state index contributed by atoms with van der Waals surface area (Å²) in [7, 11) is 0. The number of halogens is 1. The van der Waals surface area contributed by atoms with Crippen molar-refractivity contribution in [2.24, 2.45) is 4.99 Å². The van der Waals surface area contributed by atoms with Crippen molar-refractivity contribution in [3.05, 3.63) is 41.8 Å². The Morgan fingerprint density at radius 1 is 1.24 bits per heavy atom. The second-order valence-electron chi connectivity index (χ2n) is 5.97. The van der Waals surface area contributed by atoms with E-state index in [0.717, 1.165) is 36.6 Å². The van der Waals surface area contributed by atoms with Gasteiger partial charge in [-0.1, -0.05) is 24.6 Å². The lowest BCUT2D eigenvalue weighted by molar-refractivity contribution is 0.572. The third-order valence-corrected chi connectivity index (χ3v) is 3.83. The maximum Gasteiger partial charge on any atom is 0.226 e. The maximum atomic E-state index is 5.59. The molecule has 0 amide bonds. The minimum atomic E-state index is 0. The third kappa shape index (κ3) is 7.05. The highest BCUT2D eigenvalue weighted by Crippen LogP contribution is 2.19. The van der Waals surface area contributed by atoms with Gasteiger partial charge in [-0.15, -0.1) is 24.0 Å². The zero-order valence-electron chi connectivity index (χ0n) is 15.5. The van der Waals surface area contributed by atoms with Gasteiger partial charge in [-0.2, -0.15) is 0 Å². The van der Waals surface area contributed by atoms with Crippen molar-refractivity contribution in [1.29, 1.82) is 0 Å². The molecule has 6 heteroatoms. The number of aliphatic imine (C=N–C) groups is 1. The van der Waals surface area contributed by atoms with Gasteiger partial charge in [-0.25, -0.2) is 4.98 Å². The quantitative estimate of drug-likeness (QED) is 0.373. The average Bonchev–Trinajstić information content (AvgIpc) is 3.04. The predicted octanol–water partition coefficient (Wildman–Crippen LogP) is 4.16. The topological polar surface area (TPSA) is 62.5 Å². The van der Waals surface area contributed by atoms with E-state index in [2.05, 4.69) is 60.4 Å². The van der Waals surface area contributed by atoms with Crippen LogP contribution >= 0.6 is 24.0 Å². The summed E-state index contributed by atoms with van der Waals surface area (Å²) in [4.78, 5) is 9.16. The number of nitrogens with one attached hydrogen (secondary N) is 2. The van der Waals surface area contributed by atoms with Crippen molar-refractivity contribution < 1.29 is 4.42 Å². The first kappa shape index (κ1) is 21.5. The second-order valence-corrected chi connectivity index (χ2v) is 5.97. The van der Waals surface area contributed by atoms with Crippen LogP contribution in [-0.2, 0) is 6.42 Å². The first-order valence-corrected chi connectivity index (χ1v) is 8.68. The molecular formula is C19H29IN4O. The summed E-state index contributed by atoms with van der Waals surface area (Å²) in [5.74, 6) is 1.52. The fourth-order valence-corrected chi connectivity index (χ4v) is 2.19. The van der Waals surface area contributed by atoms with Crippen LogP contribution in [0.3, 0.4) is 0 Å². The third-order valence-electron chi connectivity index (χ3n) is 3.83. The van der Waals surface area contributed by atoms with E-state index in [0.29, 0.717) is 18.5 Å². The number of rotatable bonds is 7. The molecule has 1 unspecified atom stereocenters. The van der Waals surface area contributed by atoms with Crippen LogP contribution in [0.5, 0.6) is 0 Å². The van der Waals surface area contributed by atoms with Crippen molar-refractivity contribution in [2.45, 2.75) is 46.6 Å². The summed E-state index contributed by atoms with van der Waals surface area (Å²) in [6.07, 6.45) is 3.54. The molecule has 2 rings (SSSR count). The van der Waals surface area contributed by atoms with Gasteiger partial charge in [0.2, 0.25) is 5.89 Å².